The molecule has 0 heterocycles. The van der Waals surface area contributed by atoms with Gasteiger partial charge in [0.1, 0.15) is 0 Å². The van der Waals surface area contributed by atoms with Gasteiger partial charge < -0.3 is 9.84 Å². The fourth-order valence-electron chi connectivity index (χ4n) is 1.26. The summed E-state index contributed by atoms with van der Waals surface area (Å²) in [5, 5.41) is 19.5. The molecule has 1 aromatic carbocycles. The smallest absolute Gasteiger partial charge is 0.311 e. The third-order valence-electron chi connectivity index (χ3n) is 2.27. The maximum Gasteiger partial charge on any atom is 0.311 e. The van der Waals surface area contributed by atoms with Crippen molar-refractivity contribution in [3.63, 3.8) is 0 Å². The Hall–Kier alpha value is -2.11. The maximum atomic E-state index is 10.7. The Balaban J connectivity index is 3.21. The number of carbonyl (C=O) groups is 1. The largest absolute Gasteiger partial charge is 0.490 e. The SMILES string of the molecule is COc1ccc(C(C)C(=O)O)cc1[N+](=O)[O-]. The van der Waals surface area contributed by atoms with Gasteiger partial charge >= 0.3 is 11.7 Å². The first kappa shape index (κ1) is 12.0. The van der Waals surface area contributed by atoms with E-state index in [0.29, 0.717) is 5.56 Å². The Morgan fingerprint density at radius 1 is 1.56 bits per heavy atom. The number of aliphatic carboxylic acids is 1. The molecule has 86 valence electrons. The van der Waals surface area contributed by atoms with E-state index >= 15 is 0 Å². The highest BCUT2D eigenvalue weighted by molar-refractivity contribution is 5.76. The molecule has 0 saturated heterocycles. The number of hydrogen-bond donors (Lipinski definition) is 1. The summed E-state index contributed by atoms with van der Waals surface area (Å²) in [7, 11) is 1.32. The highest BCUT2D eigenvalue weighted by Crippen LogP contribution is 2.30. The van der Waals surface area contributed by atoms with Crippen LogP contribution < -0.4 is 4.74 Å². The van der Waals surface area contributed by atoms with Crippen molar-refractivity contribution < 1.29 is 19.6 Å². The molecule has 0 aliphatic carbocycles. The van der Waals surface area contributed by atoms with Crippen molar-refractivity contribution >= 4 is 11.7 Å². The van der Waals surface area contributed by atoms with Crippen LogP contribution in [0.4, 0.5) is 5.69 Å². The van der Waals surface area contributed by atoms with Crippen LogP contribution in [0.3, 0.4) is 0 Å². The third-order valence-corrected chi connectivity index (χ3v) is 2.27. The molecule has 16 heavy (non-hydrogen) atoms. The van der Waals surface area contributed by atoms with Crippen LogP contribution in [-0.4, -0.2) is 23.1 Å². The molecule has 0 bridgehead atoms. The van der Waals surface area contributed by atoms with Crippen LogP contribution in [0.15, 0.2) is 18.2 Å². The van der Waals surface area contributed by atoms with Gasteiger partial charge in [-0.15, -0.1) is 0 Å². The van der Waals surface area contributed by atoms with Crippen molar-refractivity contribution in [2.75, 3.05) is 7.11 Å². The number of hydrogen-bond acceptors (Lipinski definition) is 4. The number of rotatable bonds is 4. The van der Waals surface area contributed by atoms with Gasteiger partial charge in [-0.2, -0.15) is 0 Å². The van der Waals surface area contributed by atoms with Crippen molar-refractivity contribution in [3.8, 4) is 5.75 Å². The number of benzene rings is 1. The summed E-state index contributed by atoms with van der Waals surface area (Å²) < 4.78 is 4.81. The first-order valence-electron chi connectivity index (χ1n) is 4.52. The lowest BCUT2D eigenvalue weighted by atomic mass is 10.0. The number of methoxy groups -OCH3 is 1. The van der Waals surface area contributed by atoms with E-state index in [9.17, 15) is 14.9 Å². The van der Waals surface area contributed by atoms with Crippen LogP contribution in [-0.2, 0) is 4.79 Å². The number of carboxylic acids is 1. The lowest BCUT2D eigenvalue weighted by molar-refractivity contribution is -0.385. The number of nitro groups is 1. The average molecular weight is 225 g/mol. The zero-order chi connectivity index (χ0) is 12.3. The molecule has 0 saturated carbocycles. The minimum Gasteiger partial charge on any atom is -0.490 e. The minimum atomic E-state index is -1.03. The van der Waals surface area contributed by atoms with Gasteiger partial charge in [0.15, 0.2) is 5.75 Å². The van der Waals surface area contributed by atoms with Gasteiger partial charge in [-0.1, -0.05) is 6.07 Å². The average Bonchev–Trinajstić information content (AvgIpc) is 2.26. The van der Waals surface area contributed by atoms with E-state index in [2.05, 4.69) is 0 Å². The van der Waals surface area contributed by atoms with Crippen molar-refractivity contribution in [2.45, 2.75) is 12.8 Å². The van der Waals surface area contributed by atoms with E-state index in [1.54, 1.807) is 0 Å². The summed E-state index contributed by atoms with van der Waals surface area (Å²) in [6.45, 7) is 1.47. The second kappa shape index (κ2) is 4.61. The van der Waals surface area contributed by atoms with Gasteiger partial charge in [-0.05, 0) is 18.6 Å². The molecule has 6 nitrogen and oxygen atoms in total. The second-order valence-corrected chi connectivity index (χ2v) is 3.25. The molecule has 0 radical (unpaired) electrons. The minimum absolute atomic E-state index is 0.117. The zero-order valence-corrected chi connectivity index (χ0v) is 8.84. The Kier molecular flexibility index (Phi) is 3.44. The van der Waals surface area contributed by atoms with Crippen LogP contribution in [0.5, 0.6) is 5.75 Å². The lowest BCUT2D eigenvalue weighted by Gasteiger charge is -2.08. The number of nitro benzene ring substituents is 1. The van der Waals surface area contributed by atoms with Gasteiger partial charge in [0, 0.05) is 6.07 Å². The fraction of sp³-hybridized carbons (Fsp3) is 0.300. The van der Waals surface area contributed by atoms with Gasteiger partial charge in [-0.25, -0.2) is 0 Å². The standard InChI is InChI=1S/C10H11NO5/c1-6(10(12)13)7-3-4-9(16-2)8(5-7)11(14)15/h3-6H,1-2H3,(H,12,13). The highest BCUT2D eigenvalue weighted by Gasteiger charge is 2.20. The number of carboxylic acid groups (broad SMARTS) is 1. The summed E-state index contributed by atoms with van der Waals surface area (Å²) in [6, 6.07) is 4.12. The van der Waals surface area contributed by atoms with E-state index in [4.69, 9.17) is 9.84 Å². The van der Waals surface area contributed by atoms with Gasteiger partial charge in [0.05, 0.1) is 18.0 Å². The summed E-state index contributed by atoms with van der Waals surface area (Å²) >= 11 is 0. The summed E-state index contributed by atoms with van der Waals surface area (Å²) in [4.78, 5) is 20.8. The van der Waals surface area contributed by atoms with Crippen molar-refractivity contribution in [1.82, 2.24) is 0 Å². The Morgan fingerprint density at radius 3 is 2.62 bits per heavy atom. The molecule has 1 rings (SSSR count). The van der Waals surface area contributed by atoms with Crippen molar-refractivity contribution in [2.24, 2.45) is 0 Å². The Morgan fingerprint density at radius 2 is 2.19 bits per heavy atom. The monoisotopic (exact) mass is 225 g/mol. The van der Waals surface area contributed by atoms with E-state index in [1.807, 2.05) is 0 Å². The van der Waals surface area contributed by atoms with Crippen molar-refractivity contribution in [1.29, 1.82) is 0 Å². The quantitative estimate of drug-likeness (QED) is 0.623. The molecule has 0 aliphatic rings. The fourth-order valence-corrected chi connectivity index (χ4v) is 1.26. The molecule has 0 aromatic heterocycles. The Labute approximate surface area is 91.6 Å². The lowest BCUT2D eigenvalue weighted by Crippen LogP contribution is -2.08. The van der Waals surface area contributed by atoms with Crippen LogP contribution in [0, 0.1) is 10.1 Å². The molecule has 6 heteroatoms. The van der Waals surface area contributed by atoms with Gasteiger partial charge in [-0.3, -0.25) is 14.9 Å². The molecule has 0 spiro atoms. The predicted molar refractivity (Wildman–Crippen MR) is 55.7 cm³/mol. The van der Waals surface area contributed by atoms with E-state index in [1.165, 1.54) is 32.2 Å². The third kappa shape index (κ3) is 2.28. The molecular formula is C10H11NO5. The van der Waals surface area contributed by atoms with E-state index in [-0.39, 0.29) is 11.4 Å². The second-order valence-electron chi connectivity index (χ2n) is 3.25. The molecule has 1 aromatic rings. The van der Waals surface area contributed by atoms with Crippen LogP contribution in [0.25, 0.3) is 0 Å². The van der Waals surface area contributed by atoms with Crippen molar-refractivity contribution in [3.05, 3.63) is 33.9 Å². The van der Waals surface area contributed by atoms with Crippen LogP contribution in [0.2, 0.25) is 0 Å². The normalized spacial score (nSPS) is 11.9. The maximum absolute atomic E-state index is 10.7. The zero-order valence-electron chi connectivity index (χ0n) is 8.84. The summed E-state index contributed by atoms with van der Waals surface area (Å²) in [5.41, 5.74) is 0.146. The number of nitrogens with zero attached hydrogens (tertiary/aromatic N) is 1. The van der Waals surface area contributed by atoms with Crippen LogP contribution in [0.1, 0.15) is 18.4 Å². The topological polar surface area (TPSA) is 89.7 Å². The molecular weight excluding hydrogens is 214 g/mol. The molecule has 1 unspecified atom stereocenters. The summed E-state index contributed by atoms with van der Waals surface area (Å²) in [6.07, 6.45) is 0. The molecule has 0 amide bonds. The molecule has 1 N–H and O–H groups in total. The van der Waals surface area contributed by atoms with E-state index < -0.39 is 16.8 Å². The highest BCUT2D eigenvalue weighted by atomic mass is 16.6. The first-order valence-corrected chi connectivity index (χ1v) is 4.52. The first-order chi connectivity index (χ1) is 7.47. The summed E-state index contributed by atoms with van der Waals surface area (Å²) in [5.74, 6) is -1.70. The van der Waals surface area contributed by atoms with Gasteiger partial charge in [0.25, 0.3) is 0 Å². The molecule has 0 aliphatic heterocycles. The predicted octanol–water partition coefficient (Wildman–Crippen LogP) is 1.79. The molecule has 0 fully saturated rings. The molecule has 1 atom stereocenters. The van der Waals surface area contributed by atoms with Crippen LogP contribution >= 0.6 is 0 Å². The van der Waals surface area contributed by atoms with Gasteiger partial charge in [0.2, 0.25) is 0 Å². The van der Waals surface area contributed by atoms with E-state index in [0.717, 1.165) is 0 Å². The number of ether oxygens (including phenoxy) is 1. The Bertz CT molecular complexity index is 429.